The van der Waals surface area contributed by atoms with Crippen LogP contribution in [0.1, 0.15) is 172 Å². The number of hydrogen-bond donors (Lipinski definition) is 6. The van der Waals surface area contributed by atoms with Crippen molar-refractivity contribution in [3.8, 4) is 56.8 Å². The molecule has 0 aromatic heterocycles. The Morgan fingerprint density at radius 2 is 0.382 bits per heavy atom. The van der Waals surface area contributed by atoms with Gasteiger partial charge in [-0.1, -0.05) is 192 Å². The molecule has 0 radical (unpaired) electrons. The summed E-state index contributed by atoms with van der Waals surface area (Å²) in [7, 11) is 0. The quantitative estimate of drug-likeness (QED) is 0.103. The molecule has 1 aliphatic carbocycles. The van der Waals surface area contributed by atoms with Gasteiger partial charge < -0.3 is 30.6 Å². The van der Waals surface area contributed by atoms with Gasteiger partial charge in [-0.2, -0.15) is 0 Å². The predicted molar refractivity (Wildman–Crippen MR) is 311 cm³/mol. The van der Waals surface area contributed by atoms with Crippen LogP contribution in [0.2, 0.25) is 0 Å². The monoisotopic (exact) mass is 1010 g/mol. The molecule has 1 aliphatic rings. The largest absolute Gasteiger partial charge is 0.507 e. The fourth-order valence-electron chi connectivity index (χ4n) is 10.7. The van der Waals surface area contributed by atoms with Gasteiger partial charge in [0.15, 0.2) is 0 Å². The van der Waals surface area contributed by atoms with E-state index < -0.39 is 0 Å². The van der Waals surface area contributed by atoms with Gasteiger partial charge in [-0.15, -0.1) is 0 Å². The molecular formula is C70H76O6. The highest BCUT2D eigenvalue weighted by molar-refractivity contribution is 5.71. The Balaban J connectivity index is 1.35. The van der Waals surface area contributed by atoms with Crippen molar-refractivity contribution in [3.05, 3.63) is 222 Å². The third-order valence-corrected chi connectivity index (χ3v) is 15.6. The minimum absolute atomic E-state index is 0.0729. The van der Waals surface area contributed by atoms with E-state index in [1.54, 1.807) is 0 Å². The summed E-state index contributed by atoms with van der Waals surface area (Å²) in [4.78, 5) is 0. The standard InChI is InChI=1S/C70H76O6/c1-67(2,3)57-33-49-28-47-25-43(41-19-15-13-16-20-41)23-45(61(47)71)27-46-24-44(42-21-17-14-18-22-42)26-48(62(46)72)29-50-34-58(68(4,5)6)36-52(64(50)74)31-54-38-60(70(10,11)12)40-56(66(54)76)32-55-39-59(69(7,8)9)37-53(65(55)75)30-51(35-57)63(49)73/h13-26,33-40,71-76H,27-32H2,1-12H3. The summed E-state index contributed by atoms with van der Waals surface area (Å²) in [5.74, 6) is 0.537. The van der Waals surface area contributed by atoms with Crippen LogP contribution in [0.25, 0.3) is 22.3 Å². The van der Waals surface area contributed by atoms with Gasteiger partial charge in [-0.25, -0.2) is 0 Å². The number of phenolic OH excluding ortho intramolecular Hbond substituents is 6. The molecule has 0 fully saturated rings. The summed E-state index contributed by atoms with van der Waals surface area (Å²) in [6.07, 6.45) is 1.23. The van der Waals surface area contributed by atoms with E-state index in [1.807, 2.05) is 133 Å². The highest BCUT2D eigenvalue weighted by Gasteiger charge is 2.28. The number of fused-ring (bicyclic) bond motifs is 12. The highest BCUT2D eigenvalue weighted by Crippen LogP contribution is 2.45. The molecule has 0 saturated heterocycles. The van der Waals surface area contributed by atoms with Gasteiger partial charge in [0.05, 0.1) is 0 Å². The Hall–Kier alpha value is -7.44. The van der Waals surface area contributed by atoms with Crippen LogP contribution in [-0.4, -0.2) is 30.6 Å². The van der Waals surface area contributed by atoms with Crippen molar-refractivity contribution in [1.29, 1.82) is 0 Å². The zero-order valence-electron chi connectivity index (χ0n) is 46.6. The van der Waals surface area contributed by atoms with Crippen LogP contribution in [0.15, 0.2) is 133 Å². The zero-order chi connectivity index (χ0) is 54.8. The normalized spacial score (nSPS) is 13.5. The lowest BCUT2D eigenvalue weighted by atomic mass is 9.80. The van der Waals surface area contributed by atoms with Crippen molar-refractivity contribution in [2.75, 3.05) is 0 Å². The molecule has 0 aliphatic heterocycles. The lowest BCUT2D eigenvalue weighted by Gasteiger charge is -2.26. The molecule has 6 heteroatoms. The van der Waals surface area contributed by atoms with Crippen molar-refractivity contribution >= 4 is 0 Å². The van der Waals surface area contributed by atoms with E-state index in [9.17, 15) is 30.6 Å². The predicted octanol–water partition coefficient (Wildman–Crippen LogP) is 16.3. The fraction of sp³-hybridized carbons (Fsp3) is 0.314. The van der Waals surface area contributed by atoms with Crippen molar-refractivity contribution in [1.82, 2.24) is 0 Å². The maximum atomic E-state index is 12.6. The van der Waals surface area contributed by atoms with Gasteiger partial charge in [0.1, 0.15) is 34.5 Å². The molecule has 0 spiro atoms. The van der Waals surface area contributed by atoms with Gasteiger partial charge in [0.25, 0.3) is 0 Å². The van der Waals surface area contributed by atoms with Gasteiger partial charge in [0.2, 0.25) is 0 Å². The van der Waals surface area contributed by atoms with E-state index in [1.165, 1.54) is 0 Å². The van der Waals surface area contributed by atoms with Crippen LogP contribution in [0.3, 0.4) is 0 Å². The average Bonchev–Trinajstić information content (AvgIpc) is 3.34. The molecule has 392 valence electrons. The summed E-state index contributed by atoms with van der Waals surface area (Å²) in [6, 6.07) is 44.4. The second kappa shape index (κ2) is 19.9. The Labute approximate surface area is 451 Å². The number of phenols is 6. The Morgan fingerprint density at radius 1 is 0.224 bits per heavy atom. The lowest BCUT2D eigenvalue weighted by Crippen LogP contribution is -2.15. The Morgan fingerprint density at radius 3 is 0.539 bits per heavy atom. The van der Waals surface area contributed by atoms with E-state index >= 15 is 0 Å². The molecule has 76 heavy (non-hydrogen) atoms. The van der Waals surface area contributed by atoms with Crippen LogP contribution in [0, 0.1) is 0 Å². The van der Waals surface area contributed by atoms with Crippen molar-refractivity contribution in [3.63, 3.8) is 0 Å². The van der Waals surface area contributed by atoms with Crippen LogP contribution < -0.4 is 0 Å². The summed E-state index contributed by atoms with van der Waals surface area (Å²) < 4.78 is 0. The summed E-state index contributed by atoms with van der Waals surface area (Å²) in [6.45, 7) is 25.7. The number of aromatic hydroxyl groups is 6. The molecule has 8 aromatic rings. The molecule has 9 rings (SSSR count). The molecule has 0 amide bonds. The molecule has 6 N–H and O–H groups in total. The van der Waals surface area contributed by atoms with Crippen LogP contribution >= 0.6 is 0 Å². The Bertz CT molecular complexity index is 3270. The second-order valence-corrected chi connectivity index (χ2v) is 25.7. The summed E-state index contributed by atoms with van der Waals surface area (Å²) in [5, 5.41) is 75.4. The molecule has 0 heterocycles. The molecule has 0 unspecified atom stereocenters. The molecule has 8 aromatic carbocycles. The maximum Gasteiger partial charge on any atom is 0.122 e. The third-order valence-electron chi connectivity index (χ3n) is 15.6. The summed E-state index contributed by atoms with van der Waals surface area (Å²) in [5.41, 5.74) is 14.1. The van der Waals surface area contributed by atoms with Gasteiger partial charge in [0, 0.05) is 38.5 Å². The summed E-state index contributed by atoms with van der Waals surface area (Å²) >= 11 is 0. The minimum Gasteiger partial charge on any atom is -0.507 e. The molecule has 12 bridgehead atoms. The molecular weight excluding hydrogens is 937 g/mol. The number of benzene rings is 8. The second-order valence-electron chi connectivity index (χ2n) is 25.7. The van der Waals surface area contributed by atoms with Crippen molar-refractivity contribution in [2.24, 2.45) is 0 Å². The SMILES string of the molecule is CC(C)(C)c1cc2c(O)c(c1)Cc1cc(C(C)(C)C)cc(c1O)Cc1cc(C(C)(C)C)cc(c1O)Cc1cc(C(C)(C)C)cc(c1O)Cc1cc(-c3ccccc3)cc(c1O)Cc1cc(-c3ccccc3)cc(c1O)C2. The first-order valence-electron chi connectivity index (χ1n) is 26.8. The van der Waals surface area contributed by atoms with Gasteiger partial charge in [-0.3, -0.25) is 0 Å². The van der Waals surface area contributed by atoms with E-state index in [2.05, 4.69) is 83.1 Å². The van der Waals surface area contributed by atoms with Crippen LogP contribution in [0.5, 0.6) is 34.5 Å². The van der Waals surface area contributed by atoms with E-state index in [-0.39, 0.29) is 94.7 Å². The highest BCUT2D eigenvalue weighted by atomic mass is 16.3. The Kier molecular flexibility index (Phi) is 14.0. The van der Waals surface area contributed by atoms with Crippen LogP contribution in [0.4, 0.5) is 0 Å². The number of rotatable bonds is 2. The van der Waals surface area contributed by atoms with Gasteiger partial charge in [-0.05, 0) is 157 Å². The first-order valence-corrected chi connectivity index (χ1v) is 26.8. The minimum atomic E-state index is -0.322. The fourth-order valence-corrected chi connectivity index (χ4v) is 10.7. The van der Waals surface area contributed by atoms with Crippen LogP contribution in [-0.2, 0) is 60.2 Å². The molecule has 6 nitrogen and oxygen atoms in total. The average molecular weight is 1010 g/mol. The van der Waals surface area contributed by atoms with Crippen molar-refractivity contribution in [2.45, 2.75) is 143 Å². The van der Waals surface area contributed by atoms with Gasteiger partial charge >= 0.3 is 0 Å². The van der Waals surface area contributed by atoms with E-state index in [0.29, 0.717) is 66.8 Å². The smallest absolute Gasteiger partial charge is 0.122 e. The maximum absolute atomic E-state index is 12.6. The first kappa shape index (κ1) is 53.4. The van der Waals surface area contributed by atoms with E-state index in [4.69, 9.17) is 0 Å². The zero-order valence-corrected chi connectivity index (χ0v) is 46.6. The molecule has 0 saturated carbocycles. The van der Waals surface area contributed by atoms with Crippen molar-refractivity contribution < 1.29 is 30.6 Å². The number of hydrogen-bond acceptors (Lipinski definition) is 6. The lowest BCUT2D eigenvalue weighted by molar-refractivity contribution is 0.450. The third kappa shape index (κ3) is 11.1. The first-order chi connectivity index (χ1) is 35.6. The molecule has 0 atom stereocenters. The topological polar surface area (TPSA) is 121 Å². The van der Waals surface area contributed by atoms with E-state index in [0.717, 1.165) is 44.5 Å².